The topological polar surface area (TPSA) is 90.0 Å². The number of nitrogens with zero attached hydrogens (tertiary/aromatic N) is 1. The first-order chi connectivity index (χ1) is 13.1. The molecule has 2 aromatic carbocycles. The van der Waals surface area contributed by atoms with Gasteiger partial charge in [0.1, 0.15) is 5.75 Å². The summed E-state index contributed by atoms with van der Waals surface area (Å²) in [5.41, 5.74) is 5.40. The Morgan fingerprint density at radius 3 is 2.90 bits per heavy atom. The van der Waals surface area contributed by atoms with Gasteiger partial charge in [0, 0.05) is 13.1 Å². The third-order valence-electron chi connectivity index (χ3n) is 5.61. The van der Waals surface area contributed by atoms with E-state index in [2.05, 4.69) is 41.2 Å². The van der Waals surface area contributed by atoms with Crippen LogP contribution in [0.3, 0.4) is 0 Å². The Morgan fingerprint density at radius 1 is 1.28 bits per heavy atom. The fourth-order valence-corrected chi connectivity index (χ4v) is 4.23. The predicted molar refractivity (Wildman–Crippen MR) is 118 cm³/mol. The van der Waals surface area contributed by atoms with Crippen LogP contribution in [0.4, 0.5) is 0 Å². The maximum absolute atomic E-state index is 11.3. The average Bonchev–Trinajstić information content (AvgIpc) is 3.05. The third kappa shape index (κ3) is 5.01. The van der Waals surface area contributed by atoms with Crippen LogP contribution < -0.4 is 10.5 Å². The number of hydrogen-bond acceptors (Lipinski definition) is 4. The molecule has 0 saturated heterocycles. The molecule has 3 aromatic rings. The number of aromatic amines is 1. The van der Waals surface area contributed by atoms with Crippen molar-refractivity contribution in [1.29, 1.82) is 0 Å². The maximum atomic E-state index is 11.3. The van der Waals surface area contributed by atoms with E-state index in [0.29, 0.717) is 11.5 Å². The summed E-state index contributed by atoms with van der Waals surface area (Å²) < 4.78 is 10.7. The Labute approximate surface area is 176 Å². The monoisotopic (exact) mass is 420 g/mol. The largest absolute Gasteiger partial charge is 0.496 e. The Balaban J connectivity index is 0.00000150. The van der Waals surface area contributed by atoms with E-state index in [1.54, 1.807) is 7.11 Å². The normalized spacial score (nSPS) is 15.5. The standard InChI is InChI=1S/C22H26N2O3.ClH.H2O/c1-24(12-11-15-9-10-19-21(13-15)27-22(25)23-19)14-16-5-3-7-18-17(16)6-4-8-20(18)26-2;;/h4,6,8-10,13,16H,3,5,7,11-12,14H2,1-2H3,(H,23,25);1H;1H2/t16-;;/m0../s1. The van der Waals surface area contributed by atoms with Gasteiger partial charge in [-0.1, -0.05) is 18.2 Å². The minimum atomic E-state index is -0.398. The highest BCUT2D eigenvalue weighted by Gasteiger charge is 2.23. The quantitative estimate of drug-likeness (QED) is 0.662. The molecule has 0 fully saturated rings. The number of hydrogen-bond donors (Lipinski definition) is 1. The van der Waals surface area contributed by atoms with Gasteiger partial charge in [0.15, 0.2) is 5.58 Å². The number of methoxy groups -OCH3 is 1. The van der Waals surface area contributed by atoms with Crippen LogP contribution in [0.15, 0.2) is 45.6 Å². The van der Waals surface area contributed by atoms with Crippen LogP contribution in [-0.2, 0) is 12.8 Å². The summed E-state index contributed by atoms with van der Waals surface area (Å²) in [6, 6.07) is 12.4. The molecule has 1 atom stereocenters. The van der Waals surface area contributed by atoms with Crippen LogP contribution in [-0.4, -0.2) is 42.6 Å². The number of aromatic nitrogens is 1. The summed E-state index contributed by atoms with van der Waals surface area (Å²) in [4.78, 5) is 16.4. The highest BCUT2D eigenvalue weighted by molar-refractivity contribution is 5.85. The van der Waals surface area contributed by atoms with E-state index in [0.717, 1.165) is 37.2 Å². The molecule has 158 valence electrons. The van der Waals surface area contributed by atoms with Crippen LogP contribution in [0.1, 0.15) is 35.4 Å². The number of H-pyrrole nitrogens is 1. The minimum Gasteiger partial charge on any atom is -0.496 e. The second-order valence-electron chi connectivity index (χ2n) is 7.47. The predicted octanol–water partition coefficient (Wildman–Crippen LogP) is 3.32. The molecular formula is C22H29ClN2O4. The lowest BCUT2D eigenvalue weighted by Gasteiger charge is -2.30. The van der Waals surface area contributed by atoms with E-state index in [9.17, 15) is 4.79 Å². The zero-order chi connectivity index (χ0) is 18.8. The lowest BCUT2D eigenvalue weighted by atomic mass is 9.82. The van der Waals surface area contributed by atoms with E-state index in [4.69, 9.17) is 9.15 Å². The molecule has 3 N–H and O–H groups in total. The van der Waals surface area contributed by atoms with Crippen LogP contribution in [0.25, 0.3) is 11.1 Å². The van der Waals surface area contributed by atoms with Crippen molar-refractivity contribution in [2.24, 2.45) is 0 Å². The van der Waals surface area contributed by atoms with E-state index < -0.39 is 5.76 Å². The van der Waals surface area contributed by atoms with Gasteiger partial charge in [0.05, 0.1) is 12.6 Å². The molecule has 4 rings (SSSR count). The lowest BCUT2D eigenvalue weighted by molar-refractivity contribution is 0.299. The molecule has 1 aliphatic carbocycles. The summed E-state index contributed by atoms with van der Waals surface area (Å²) in [6.45, 7) is 2.01. The molecule has 1 heterocycles. The molecule has 0 aliphatic heterocycles. The SMILES string of the molecule is COc1cccc2c1CCC[C@H]2CN(C)CCc1ccc2[nH]c(=O)oc2c1.Cl.O. The van der Waals surface area contributed by atoms with Crippen molar-refractivity contribution in [2.75, 3.05) is 27.2 Å². The third-order valence-corrected chi connectivity index (χ3v) is 5.61. The summed E-state index contributed by atoms with van der Waals surface area (Å²) in [5, 5.41) is 0. The van der Waals surface area contributed by atoms with Gasteiger partial charge in [-0.2, -0.15) is 0 Å². The van der Waals surface area contributed by atoms with Crippen LogP contribution in [0, 0.1) is 0 Å². The summed E-state index contributed by atoms with van der Waals surface area (Å²) in [6.07, 6.45) is 4.49. The van der Waals surface area contributed by atoms with Crippen molar-refractivity contribution in [2.45, 2.75) is 31.6 Å². The first-order valence-electron chi connectivity index (χ1n) is 9.60. The molecule has 0 radical (unpaired) electrons. The molecule has 0 bridgehead atoms. The zero-order valence-electron chi connectivity index (χ0n) is 16.9. The lowest BCUT2D eigenvalue weighted by Crippen LogP contribution is -2.28. The van der Waals surface area contributed by atoms with Crippen molar-refractivity contribution >= 4 is 23.5 Å². The van der Waals surface area contributed by atoms with Gasteiger partial charge in [0.25, 0.3) is 0 Å². The zero-order valence-corrected chi connectivity index (χ0v) is 17.7. The fourth-order valence-electron chi connectivity index (χ4n) is 4.23. The second-order valence-corrected chi connectivity index (χ2v) is 7.47. The van der Waals surface area contributed by atoms with Gasteiger partial charge in [0.2, 0.25) is 0 Å². The van der Waals surface area contributed by atoms with Gasteiger partial charge in [-0.25, -0.2) is 4.79 Å². The van der Waals surface area contributed by atoms with Crippen LogP contribution >= 0.6 is 12.4 Å². The summed E-state index contributed by atoms with van der Waals surface area (Å²) >= 11 is 0. The molecule has 0 saturated carbocycles. The van der Waals surface area contributed by atoms with Crippen LogP contribution in [0.5, 0.6) is 5.75 Å². The molecular weight excluding hydrogens is 392 g/mol. The van der Waals surface area contributed by atoms with E-state index in [-0.39, 0.29) is 17.9 Å². The minimum absolute atomic E-state index is 0. The molecule has 0 unspecified atom stereocenters. The Kier molecular flexibility index (Phi) is 7.90. The smallest absolute Gasteiger partial charge is 0.417 e. The van der Waals surface area contributed by atoms with E-state index in [1.807, 2.05) is 12.1 Å². The number of rotatable bonds is 6. The fraction of sp³-hybridized carbons (Fsp3) is 0.409. The van der Waals surface area contributed by atoms with Crippen LogP contribution in [0.2, 0.25) is 0 Å². The molecule has 0 amide bonds. The number of benzene rings is 2. The van der Waals surface area contributed by atoms with Crippen molar-refractivity contribution in [3.8, 4) is 5.75 Å². The molecule has 29 heavy (non-hydrogen) atoms. The summed E-state index contributed by atoms with van der Waals surface area (Å²) in [5.74, 6) is 1.19. The van der Waals surface area contributed by atoms with Gasteiger partial charge in [-0.3, -0.25) is 4.98 Å². The van der Waals surface area contributed by atoms with E-state index in [1.165, 1.54) is 29.5 Å². The molecule has 0 spiro atoms. The Morgan fingerprint density at radius 2 is 2.10 bits per heavy atom. The van der Waals surface area contributed by atoms with Gasteiger partial charge < -0.3 is 19.5 Å². The first kappa shape index (κ1) is 23.0. The number of nitrogens with one attached hydrogen (secondary N) is 1. The number of ether oxygens (including phenoxy) is 1. The van der Waals surface area contributed by atoms with Gasteiger partial charge in [-0.15, -0.1) is 12.4 Å². The first-order valence-corrected chi connectivity index (χ1v) is 9.60. The summed E-state index contributed by atoms with van der Waals surface area (Å²) in [7, 11) is 3.94. The maximum Gasteiger partial charge on any atom is 0.417 e. The second kappa shape index (κ2) is 9.96. The van der Waals surface area contributed by atoms with Crippen molar-refractivity contribution in [3.05, 3.63) is 63.6 Å². The Bertz CT molecular complexity index is 998. The molecule has 6 nitrogen and oxygen atoms in total. The number of halogens is 1. The molecule has 1 aromatic heterocycles. The van der Waals surface area contributed by atoms with Crippen molar-refractivity contribution in [1.82, 2.24) is 9.88 Å². The molecule has 7 heteroatoms. The van der Waals surface area contributed by atoms with Gasteiger partial charge >= 0.3 is 5.76 Å². The van der Waals surface area contributed by atoms with Crippen molar-refractivity contribution < 1.29 is 14.6 Å². The Hall–Kier alpha value is -2.28. The molecule has 1 aliphatic rings. The highest BCUT2D eigenvalue weighted by Crippen LogP contribution is 2.36. The van der Waals surface area contributed by atoms with Gasteiger partial charge in [-0.05, 0) is 73.5 Å². The van der Waals surface area contributed by atoms with E-state index >= 15 is 0 Å². The number of fused-ring (bicyclic) bond motifs is 2. The number of likely N-dealkylation sites (N-methyl/N-ethyl adjacent to an activating group) is 1. The number of oxazole rings is 1. The van der Waals surface area contributed by atoms with Crippen molar-refractivity contribution in [3.63, 3.8) is 0 Å². The average molecular weight is 421 g/mol. The highest BCUT2D eigenvalue weighted by atomic mass is 35.5.